The van der Waals surface area contributed by atoms with E-state index in [-0.39, 0.29) is 11.7 Å². The number of fused-ring (bicyclic) bond motifs is 3. The van der Waals surface area contributed by atoms with E-state index in [2.05, 4.69) is 45.6 Å². The van der Waals surface area contributed by atoms with Gasteiger partial charge in [-0.2, -0.15) is 4.98 Å². The molecule has 0 aliphatic carbocycles. The molecular formula is C24H18FN9O3. The maximum Gasteiger partial charge on any atom is 0.434 e. The van der Waals surface area contributed by atoms with Crippen LogP contribution in [0.15, 0.2) is 62.5 Å². The van der Waals surface area contributed by atoms with E-state index < -0.39 is 23.2 Å². The minimum Gasteiger partial charge on any atom is -0.389 e. The van der Waals surface area contributed by atoms with Gasteiger partial charge in [-0.3, -0.25) is 10.3 Å². The lowest BCUT2D eigenvalue weighted by Gasteiger charge is -2.37. The summed E-state index contributed by atoms with van der Waals surface area (Å²) in [5.41, 5.74) is 2.26. The summed E-state index contributed by atoms with van der Waals surface area (Å²) in [6.45, 7) is 1.67. The van der Waals surface area contributed by atoms with Crippen molar-refractivity contribution in [1.29, 1.82) is 0 Å². The summed E-state index contributed by atoms with van der Waals surface area (Å²) in [6.07, 6.45) is 3.31. The molecule has 7 rings (SSSR count). The number of H-pyrrole nitrogens is 3. The second-order valence-corrected chi connectivity index (χ2v) is 8.77. The summed E-state index contributed by atoms with van der Waals surface area (Å²) in [5.74, 6) is -0.00704. The molecule has 0 fully saturated rings. The molecule has 6 heterocycles. The van der Waals surface area contributed by atoms with Gasteiger partial charge in [0.2, 0.25) is 17.3 Å². The Morgan fingerprint density at radius 1 is 1.11 bits per heavy atom. The highest BCUT2D eigenvalue weighted by atomic mass is 19.1. The molecule has 5 aromatic heterocycles. The lowest BCUT2D eigenvalue weighted by molar-refractivity contribution is 0.264. The summed E-state index contributed by atoms with van der Waals surface area (Å²) >= 11 is 0. The van der Waals surface area contributed by atoms with Crippen molar-refractivity contribution >= 4 is 10.9 Å². The number of nitrogens with one attached hydrogen (secondary N) is 4. The van der Waals surface area contributed by atoms with Crippen LogP contribution in [0, 0.1) is 12.7 Å². The van der Waals surface area contributed by atoms with Crippen LogP contribution >= 0.6 is 0 Å². The van der Waals surface area contributed by atoms with Gasteiger partial charge in [0, 0.05) is 17.8 Å². The predicted octanol–water partition coefficient (Wildman–Crippen LogP) is 2.64. The number of aromatic amines is 3. The van der Waals surface area contributed by atoms with Crippen molar-refractivity contribution in [2.75, 3.05) is 0 Å². The fourth-order valence-electron chi connectivity index (χ4n) is 4.95. The molecule has 1 aromatic carbocycles. The standard InChI is InChI=1S/C24H18FN9O3/c1-11-28-21(34-37-11)24(22-32-33-23(35)36-22)19-14(13-4-2-3-5-15(13)29-19)8-17(31-24)20-27-10-18(30-20)16-7-6-12(25)9-26-16/h2-7,9-10,17,29,31H,8H2,1H3,(H,27,30)(H,33,35)/t17-,24?/m1/s1. The van der Waals surface area contributed by atoms with Crippen molar-refractivity contribution in [1.82, 2.24) is 45.6 Å². The van der Waals surface area contributed by atoms with Gasteiger partial charge in [0.25, 0.3) is 5.89 Å². The topological polar surface area (TPSA) is 167 Å². The Balaban J connectivity index is 1.45. The number of benzene rings is 1. The molecule has 0 radical (unpaired) electrons. The molecule has 6 aromatic rings. The van der Waals surface area contributed by atoms with E-state index in [4.69, 9.17) is 8.94 Å². The van der Waals surface area contributed by atoms with Gasteiger partial charge in [0.1, 0.15) is 11.6 Å². The van der Waals surface area contributed by atoms with Gasteiger partial charge in [0.15, 0.2) is 0 Å². The Kier molecular flexibility index (Phi) is 4.50. The highest BCUT2D eigenvalue weighted by molar-refractivity contribution is 5.86. The molecule has 0 saturated heterocycles. The largest absolute Gasteiger partial charge is 0.434 e. The first kappa shape index (κ1) is 21.4. The normalized spacial score (nSPS) is 19.4. The zero-order chi connectivity index (χ0) is 25.1. The van der Waals surface area contributed by atoms with Crippen molar-refractivity contribution in [2.45, 2.75) is 24.9 Å². The molecule has 0 spiro atoms. The molecule has 0 bridgehead atoms. The van der Waals surface area contributed by atoms with E-state index in [1.807, 2.05) is 24.3 Å². The van der Waals surface area contributed by atoms with E-state index in [9.17, 15) is 9.18 Å². The number of aryl methyl sites for hydroxylation is 1. The van der Waals surface area contributed by atoms with Gasteiger partial charge in [-0.1, -0.05) is 23.4 Å². The van der Waals surface area contributed by atoms with E-state index in [1.165, 1.54) is 6.07 Å². The van der Waals surface area contributed by atoms with Gasteiger partial charge in [-0.25, -0.2) is 19.3 Å². The van der Waals surface area contributed by atoms with Gasteiger partial charge < -0.3 is 18.9 Å². The Morgan fingerprint density at radius 2 is 2.00 bits per heavy atom. The van der Waals surface area contributed by atoms with Crippen LogP contribution in [-0.2, 0) is 12.0 Å². The number of halogens is 1. The second-order valence-electron chi connectivity index (χ2n) is 8.77. The number of nitrogens with zero attached hydrogens (tertiary/aromatic N) is 5. The molecule has 184 valence electrons. The third kappa shape index (κ3) is 3.24. The van der Waals surface area contributed by atoms with Crippen molar-refractivity contribution in [3.63, 3.8) is 0 Å². The first-order valence-corrected chi connectivity index (χ1v) is 11.4. The first-order valence-electron chi connectivity index (χ1n) is 11.4. The fraction of sp³-hybridized carbons (Fsp3) is 0.167. The summed E-state index contributed by atoms with van der Waals surface area (Å²) in [7, 11) is 0. The predicted molar refractivity (Wildman–Crippen MR) is 126 cm³/mol. The van der Waals surface area contributed by atoms with Crippen LogP contribution in [0.1, 0.15) is 40.7 Å². The number of para-hydroxylation sites is 1. The van der Waals surface area contributed by atoms with Gasteiger partial charge in [-0.15, -0.1) is 5.10 Å². The van der Waals surface area contributed by atoms with E-state index in [0.29, 0.717) is 35.2 Å². The summed E-state index contributed by atoms with van der Waals surface area (Å²) in [6, 6.07) is 10.3. The summed E-state index contributed by atoms with van der Waals surface area (Å²) in [5, 5.41) is 15.2. The first-order chi connectivity index (χ1) is 18.0. The van der Waals surface area contributed by atoms with Crippen LogP contribution in [0.4, 0.5) is 4.39 Å². The number of hydrogen-bond acceptors (Lipinski definition) is 9. The minimum absolute atomic E-state index is 0.0165. The van der Waals surface area contributed by atoms with Crippen molar-refractivity contribution in [3.05, 3.63) is 99.8 Å². The van der Waals surface area contributed by atoms with Crippen molar-refractivity contribution in [2.24, 2.45) is 0 Å². The maximum atomic E-state index is 13.4. The Hall–Kier alpha value is -4.91. The van der Waals surface area contributed by atoms with Gasteiger partial charge in [-0.05, 0) is 30.2 Å². The molecule has 13 heteroatoms. The minimum atomic E-state index is -1.41. The molecule has 1 aliphatic rings. The number of hydrogen-bond donors (Lipinski definition) is 4. The van der Waals surface area contributed by atoms with Gasteiger partial charge >= 0.3 is 5.76 Å². The lowest BCUT2D eigenvalue weighted by Crippen LogP contribution is -2.52. The number of rotatable bonds is 4. The molecule has 12 nitrogen and oxygen atoms in total. The average Bonchev–Trinajstić information content (AvgIpc) is 3.70. The number of pyridine rings is 1. The zero-order valence-corrected chi connectivity index (χ0v) is 19.2. The quantitative estimate of drug-likeness (QED) is 0.285. The molecule has 37 heavy (non-hydrogen) atoms. The van der Waals surface area contributed by atoms with E-state index >= 15 is 0 Å². The van der Waals surface area contributed by atoms with Crippen LogP contribution in [0.2, 0.25) is 0 Å². The molecule has 0 amide bonds. The smallest absolute Gasteiger partial charge is 0.389 e. The summed E-state index contributed by atoms with van der Waals surface area (Å²) < 4.78 is 24.2. The van der Waals surface area contributed by atoms with Crippen LogP contribution in [0.25, 0.3) is 22.3 Å². The monoisotopic (exact) mass is 499 g/mol. The van der Waals surface area contributed by atoms with E-state index in [0.717, 1.165) is 22.7 Å². The molecular weight excluding hydrogens is 481 g/mol. The third-order valence-electron chi connectivity index (χ3n) is 6.54. The summed E-state index contributed by atoms with van der Waals surface area (Å²) in [4.78, 5) is 32.1. The van der Waals surface area contributed by atoms with Crippen LogP contribution in [-0.4, -0.2) is 40.3 Å². The number of aromatic nitrogens is 8. The number of imidazole rings is 1. The Morgan fingerprint density at radius 3 is 2.76 bits per heavy atom. The Labute approximate surface area is 206 Å². The molecule has 0 saturated carbocycles. The fourth-order valence-corrected chi connectivity index (χ4v) is 4.95. The van der Waals surface area contributed by atoms with Gasteiger partial charge in [0.05, 0.1) is 35.5 Å². The van der Waals surface area contributed by atoms with E-state index in [1.54, 1.807) is 19.2 Å². The molecule has 1 aliphatic heterocycles. The van der Waals surface area contributed by atoms with Crippen LogP contribution < -0.4 is 11.1 Å². The molecule has 4 N–H and O–H groups in total. The van der Waals surface area contributed by atoms with Crippen LogP contribution in [0.3, 0.4) is 0 Å². The lowest BCUT2D eigenvalue weighted by atomic mass is 9.82. The molecule has 2 atom stereocenters. The SMILES string of the molecule is Cc1nc(C2(c3n[nH]c(=O)o3)N[C@@H](c3ncc(-c4ccc(F)cn4)[nH]3)Cc3c2[nH]c2ccccc32)no1. The highest BCUT2D eigenvalue weighted by Crippen LogP contribution is 2.44. The van der Waals surface area contributed by atoms with Crippen LogP contribution in [0.5, 0.6) is 0 Å². The van der Waals surface area contributed by atoms with Crippen molar-refractivity contribution in [3.8, 4) is 11.4 Å². The average molecular weight is 499 g/mol. The molecule has 1 unspecified atom stereocenters. The third-order valence-corrected chi connectivity index (χ3v) is 6.54. The van der Waals surface area contributed by atoms with Crippen molar-refractivity contribution < 1.29 is 13.3 Å². The Bertz CT molecular complexity index is 1810. The second kappa shape index (κ2) is 7.80. The maximum absolute atomic E-state index is 13.4. The highest BCUT2D eigenvalue weighted by Gasteiger charge is 2.53. The zero-order valence-electron chi connectivity index (χ0n) is 19.2.